The fourth-order valence-electron chi connectivity index (χ4n) is 2.05. The summed E-state index contributed by atoms with van der Waals surface area (Å²) in [6.45, 7) is -2.92. The number of hydrogen-bond donors (Lipinski definition) is 1. The largest absolute Gasteiger partial charge is 0.465 e. The number of halogens is 3. The fraction of sp³-hybridized carbons (Fsp3) is 0.176. The van der Waals surface area contributed by atoms with E-state index in [0.717, 1.165) is 13.2 Å². The number of carbonyl (C=O) groups is 2. The van der Waals surface area contributed by atoms with Crippen molar-refractivity contribution >= 4 is 17.6 Å². The Morgan fingerprint density at radius 2 is 1.80 bits per heavy atom. The van der Waals surface area contributed by atoms with Crippen LogP contribution in [-0.4, -0.2) is 25.6 Å². The van der Waals surface area contributed by atoms with Gasteiger partial charge in [-0.15, -0.1) is 0 Å². The van der Waals surface area contributed by atoms with Gasteiger partial charge in [0.1, 0.15) is 11.6 Å². The van der Waals surface area contributed by atoms with Crippen LogP contribution in [0.2, 0.25) is 0 Å². The summed E-state index contributed by atoms with van der Waals surface area (Å²) in [7, 11) is 1.12. The molecule has 1 amide bonds. The van der Waals surface area contributed by atoms with Crippen LogP contribution in [0.1, 0.15) is 15.9 Å². The number of amides is 1. The molecule has 2 rings (SSSR count). The summed E-state index contributed by atoms with van der Waals surface area (Å²) in [4.78, 5) is 23.4. The zero-order valence-electron chi connectivity index (χ0n) is 13.1. The van der Waals surface area contributed by atoms with Crippen LogP contribution in [-0.2, 0) is 16.0 Å². The zero-order valence-corrected chi connectivity index (χ0v) is 13.1. The third kappa shape index (κ3) is 5.23. The van der Waals surface area contributed by atoms with Gasteiger partial charge in [-0.3, -0.25) is 4.79 Å². The Labute approximate surface area is 141 Å². The predicted octanol–water partition coefficient (Wildman–Crippen LogP) is 3.39. The Kier molecular flexibility index (Phi) is 5.99. The number of anilines is 1. The number of nitrogens with one attached hydrogen (secondary N) is 1. The number of alkyl halides is 2. The van der Waals surface area contributed by atoms with E-state index >= 15 is 0 Å². The van der Waals surface area contributed by atoms with Crippen LogP contribution in [0, 0.1) is 5.82 Å². The van der Waals surface area contributed by atoms with Gasteiger partial charge in [-0.2, -0.15) is 8.78 Å². The molecule has 0 aromatic heterocycles. The molecule has 0 aliphatic carbocycles. The molecule has 25 heavy (non-hydrogen) atoms. The molecular weight excluding hydrogens is 339 g/mol. The van der Waals surface area contributed by atoms with Crippen LogP contribution in [0.5, 0.6) is 5.75 Å². The van der Waals surface area contributed by atoms with Gasteiger partial charge >= 0.3 is 12.6 Å². The highest BCUT2D eigenvalue weighted by atomic mass is 19.3. The van der Waals surface area contributed by atoms with Crippen LogP contribution in [0.4, 0.5) is 18.9 Å². The maximum Gasteiger partial charge on any atom is 0.387 e. The molecule has 1 N–H and O–H groups in total. The summed E-state index contributed by atoms with van der Waals surface area (Å²) in [5, 5.41) is 2.52. The highest BCUT2D eigenvalue weighted by Crippen LogP contribution is 2.18. The minimum atomic E-state index is -2.92. The van der Waals surface area contributed by atoms with Crippen molar-refractivity contribution in [1.29, 1.82) is 0 Å². The molecule has 0 radical (unpaired) electrons. The second-order valence-electron chi connectivity index (χ2n) is 4.93. The van der Waals surface area contributed by atoms with Crippen molar-refractivity contribution in [2.24, 2.45) is 0 Å². The minimum Gasteiger partial charge on any atom is -0.465 e. The Bertz CT molecular complexity index is 763. The molecule has 2 aromatic rings. The number of hydrogen-bond acceptors (Lipinski definition) is 4. The van der Waals surface area contributed by atoms with Crippen molar-refractivity contribution < 1.29 is 32.2 Å². The number of methoxy groups -OCH3 is 1. The molecule has 0 unspecified atom stereocenters. The van der Waals surface area contributed by atoms with E-state index < -0.39 is 24.3 Å². The van der Waals surface area contributed by atoms with Gasteiger partial charge in [-0.25, -0.2) is 9.18 Å². The van der Waals surface area contributed by atoms with E-state index in [1.54, 1.807) is 0 Å². The lowest BCUT2D eigenvalue weighted by Crippen LogP contribution is -2.15. The van der Waals surface area contributed by atoms with Crippen molar-refractivity contribution in [1.82, 2.24) is 0 Å². The maximum absolute atomic E-state index is 13.5. The van der Waals surface area contributed by atoms with Crippen LogP contribution in [0.15, 0.2) is 42.5 Å². The van der Waals surface area contributed by atoms with E-state index in [0.29, 0.717) is 5.56 Å². The second-order valence-corrected chi connectivity index (χ2v) is 4.93. The lowest BCUT2D eigenvalue weighted by molar-refractivity contribution is -0.115. The fourth-order valence-corrected chi connectivity index (χ4v) is 2.05. The molecule has 0 aliphatic rings. The maximum atomic E-state index is 13.5. The topological polar surface area (TPSA) is 64.6 Å². The monoisotopic (exact) mass is 353 g/mol. The molecule has 132 valence electrons. The van der Waals surface area contributed by atoms with Gasteiger partial charge in [-0.1, -0.05) is 12.1 Å². The molecule has 0 aliphatic heterocycles. The third-order valence-electron chi connectivity index (χ3n) is 3.17. The third-order valence-corrected chi connectivity index (χ3v) is 3.17. The lowest BCUT2D eigenvalue weighted by Gasteiger charge is -2.08. The lowest BCUT2D eigenvalue weighted by atomic mass is 10.1. The van der Waals surface area contributed by atoms with E-state index in [1.165, 1.54) is 36.4 Å². The number of carbonyl (C=O) groups excluding carboxylic acids is 2. The first-order valence-corrected chi connectivity index (χ1v) is 7.10. The Morgan fingerprint density at radius 3 is 2.40 bits per heavy atom. The van der Waals surface area contributed by atoms with Crippen LogP contribution < -0.4 is 10.1 Å². The van der Waals surface area contributed by atoms with E-state index in [-0.39, 0.29) is 23.4 Å². The summed E-state index contributed by atoms with van der Waals surface area (Å²) in [6, 6.07) is 9.10. The minimum absolute atomic E-state index is 0.0135. The predicted molar refractivity (Wildman–Crippen MR) is 83.1 cm³/mol. The number of rotatable bonds is 6. The molecule has 0 bridgehead atoms. The number of benzene rings is 2. The van der Waals surface area contributed by atoms with Gasteiger partial charge in [0, 0.05) is 5.69 Å². The normalized spacial score (nSPS) is 10.4. The number of ether oxygens (including phenoxy) is 2. The van der Waals surface area contributed by atoms with E-state index in [4.69, 9.17) is 0 Å². The molecule has 5 nitrogen and oxygen atoms in total. The summed E-state index contributed by atoms with van der Waals surface area (Å²) in [6.07, 6.45) is -0.0418. The Balaban J connectivity index is 2.01. The Hall–Kier alpha value is -3.03. The molecule has 0 fully saturated rings. The smallest absolute Gasteiger partial charge is 0.387 e. The van der Waals surface area contributed by atoms with Gasteiger partial charge in [0.05, 0.1) is 19.1 Å². The van der Waals surface area contributed by atoms with Crippen molar-refractivity contribution in [2.45, 2.75) is 13.0 Å². The molecule has 0 atom stereocenters. The van der Waals surface area contributed by atoms with Gasteiger partial charge in [0.15, 0.2) is 0 Å². The van der Waals surface area contributed by atoms with Gasteiger partial charge < -0.3 is 14.8 Å². The van der Waals surface area contributed by atoms with Crippen LogP contribution in [0.3, 0.4) is 0 Å². The van der Waals surface area contributed by atoms with Gasteiger partial charge in [0.2, 0.25) is 5.91 Å². The molecular formula is C17H14F3NO4. The van der Waals surface area contributed by atoms with Crippen molar-refractivity contribution in [3.05, 3.63) is 59.4 Å². The van der Waals surface area contributed by atoms with Crippen LogP contribution in [0.25, 0.3) is 0 Å². The van der Waals surface area contributed by atoms with Crippen molar-refractivity contribution in [3.8, 4) is 5.75 Å². The summed E-state index contributed by atoms with van der Waals surface area (Å²) in [5.74, 6) is -2.06. The molecule has 0 spiro atoms. The highest BCUT2D eigenvalue weighted by molar-refractivity contribution is 5.95. The van der Waals surface area contributed by atoms with E-state index in [9.17, 15) is 22.8 Å². The quantitative estimate of drug-likeness (QED) is 0.809. The zero-order chi connectivity index (χ0) is 18.4. The first kappa shape index (κ1) is 18.3. The van der Waals surface area contributed by atoms with E-state index in [2.05, 4.69) is 14.8 Å². The van der Waals surface area contributed by atoms with Crippen molar-refractivity contribution in [3.63, 3.8) is 0 Å². The first-order valence-electron chi connectivity index (χ1n) is 7.10. The first-order chi connectivity index (χ1) is 11.9. The average molecular weight is 353 g/mol. The SMILES string of the molecule is COC(=O)c1cc(NC(=O)Cc2ccc(OC(F)F)cc2)ccc1F. The second kappa shape index (κ2) is 8.18. The van der Waals surface area contributed by atoms with Crippen molar-refractivity contribution in [2.75, 3.05) is 12.4 Å². The summed E-state index contributed by atoms with van der Waals surface area (Å²) < 4.78 is 46.4. The average Bonchev–Trinajstić information content (AvgIpc) is 2.57. The molecule has 0 saturated carbocycles. The molecule has 2 aromatic carbocycles. The standard InChI is InChI=1S/C17H14F3NO4/c1-24-16(23)13-9-11(4-7-14(13)18)21-15(22)8-10-2-5-12(6-3-10)25-17(19)20/h2-7,9,17H,8H2,1H3,(H,21,22). The van der Waals surface area contributed by atoms with E-state index in [1.807, 2.05) is 0 Å². The molecule has 0 heterocycles. The summed E-state index contributed by atoms with van der Waals surface area (Å²) >= 11 is 0. The highest BCUT2D eigenvalue weighted by Gasteiger charge is 2.14. The Morgan fingerprint density at radius 1 is 1.12 bits per heavy atom. The summed E-state index contributed by atoms with van der Waals surface area (Å²) in [5.41, 5.74) is 0.493. The van der Waals surface area contributed by atoms with Gasteiger partial charge in [0.25, 0.3) is 0 Å². The number of esters is 1. The molecule has 8 heteroatoms. The van der Waals surface area contributed by atoms with Gasteiger partial charge in [-0.05, 0) is 35.9 Å². The van der Waals surface area contributed by atoms with Crippen LogP contribution >= 0.6 is 0 Å². The molecule has 0 saturated heterocycles.